The number of unbranched alkanes of at least 4 members (excludes halogenated alkanes) is 1. The standard InChI is InChI=1S/C14H28N2O/c1-2-3-5-12-7-9-13(10-8-12)16-14(17)6-4-11-15/h12-13H,2-11,15H2,1H3,(H,16,17). The number of carbonyl (C=O) groups excluding carboxylic acids is 1. The molecule has 3 nitrogen and oxygen atoms in total. The molecule has 0 aromatic rings. The molecule has 0 aromatic heterocycles. The minimum atomic E-state index is 0.187. The summed E-state index contributed by atoms with van der Waals surface area (Å²) in [7, 11) is 0. The lowest BCUT2D eigenvalue weighted by atomic mass is 9.83. The van der Waals surface area contributed by atoms with Gasteiger partial charge in [-0.3, -0.25) is 4.79 Å². The van der Waals surface area contributed by atoms with Gasteiger partial charge >= 0.3 is 0 Å². The van der Waals surface area contributed by atoms with Gasteiger partial charge in [0.1, 0.15) is 0 Å². The third kappa shape index (κ3) is 6.06. The van der Waals surface area contributed by atoms with Crippen molar-refractivity contribution in [2.45, 2.75) is 70.8 Å². The summed E-state index contributed by atoms with van der Waals surface area (Å²) in [5.74, 6) is 1.10. The van der Waals surface area contributed by atoms with E-state index in [0.717, 1.165) is 12.3 Å². The van der Waals surface area contributed by atoms with Gasteiger partial charge in [0.25, 0.3) is 0 Å². The lowest BCUT2D eigenvalue weighted by molar-refractivity contribution is -0.122. The van der Waals surface area contributed by atoms with Gasteiger partial charge in [0, 0.05) is 12.5 Å². The van der Waals surface area contributed by atoms with Crippen molar-refractivity contribution in [3.63, 3.8) is 0 Å². The molecule has 0 aromatic carbocycles. The topological polar surface area (TPSA) is 55.1 Å². The van der Waals surface area contributed by atoms with E-state index in [4.69, 9.17) is 5.73 Å². The zero-order valence-corrected chi connectivity index (χ0v) is 11.2. The van der Waals surface area contributed by atoms with Crippen molar-refractivity contribution in [3.8, 4) is 0 Å². The van der Waals surface area contributed by atoms with E-state index in [1.165, 1.54) is 44.9 Å². The summed E-state index contributed by atoms with van der Waals surface area (Å²) < 4.78 is 0. The van der Waals surface area contributed by atoms with E-state index in [0.29, 0.717) is 19.0 Å². The number of hydrogen-bond acceptors (Lipinski definition) is 2. The average Bonchev–Trinajstić information content (AvgIpc) is 2.35. The van der Waals surface area contributed by atoms with E-state index in [9.17, 15) is 4.79 Å². The van der Waals surface area contributed by atoms with Crippen molar-refractivity contribution in [2.24, 2.45) is 11.7 Å². The van der Waals surface area contributed by atoms with E-state index < -0.39 is 0 Å². The van der Waals surface area contributed by atoms with Gasteiger partial charge in [-0.1, -0.05) is 26.2 Å². The molecular formula is C14H28N2O. The van der Waals surface area contributed by atoms with Crippen molar-refractivity contribution < 1.29 is 4.79 Å². The second-order valence-corrected chi connectivity index (χ2v) is 5.32. The van der Waals surface area contributed by atoms with Crippen LogP contribution < -0.4 is 11.1 Å². The second kappa shape index (κ2) is 8.51. The van der Waals surface area contributed by atoms with Crippen LogP contribution in [0.3, 0.4) is 0 Å². The molecule has 1 saturated carbocycles. The summed E-state index contributed by atoms with van der Waals surface area (Å²) in [4.78, 5) is 11.6. The van der Waals surface area contributed by atoms with E-state index in [-0.39, 0.29) is 5.91 Å². The molecule has 17 heavy (non-hydrogen) atoms. The first kappa shape index (κ1) is 14.5. The molecule has 3 N–H and O–H groups in total. The third-order valence-electron chi connectivity index (χ3n) is 3.79. The highest BCUT2D eigenvalue weighted by Crippen LogP contribution is 2.28. The van der Waals surface area contributed by atoms with Gasteiger partial charge in [0.05, 0.1) is 0 Å². The zero-order chi connectivity index (χ0) is 12.5. The van der Waals surface area contributed by atoms with Crippen molar-refractivity contribution in [1.82, 2.24) is 5.32 Å². The molecule has 0 aliphatic heterocycles. The van der Waals surface area contributed by atoms with Gasteiger partial charge in [0.15, 0.2) is 0 Å². The van der Waals surface area contributed by atoms with Gasteiger partial charge in [-0.25, -0.2) is 0 Å². The minimum Gasteiger partial charge on any atom is -0.353 e. The molecule has 0 atom stereocenters. The second-order valence-electron chi connectivity index (χ2n) is 5.32. The van der Waals surface area contributed by atoms with Crippen LogP contribution in [0.5, 0.6) is 0 Å². The Morgan fingerprint density at radius 1 is 1.24 bits per heavy atom. The fourth-order valence-corrected chi connectivity index (χ4v) is 2.65. The van der Waals surface area contributed by atoms with Crippen LogP contribution in [0.25, 0.3) is 0 Å². The van der Waals surface area contributed by atoms with Gasteiger partial charge < -0.3 is 11.1 Å². The Hall–Kier alpha value is -0.570. The maximum Gasteiger partial charge on any atom is 0.220 e. The first-order valence-corrected chi connectivity index (χ1v) is 7.25. The van der Waals surface area contributed by atoms with Crippen LogP contribution in [0.2, 0.25) is 0 Å². The molecule has 0 heterocycles. The number of hydrogen-bond donors (Lipinski definition) is 2. The average molecular weight is 240 g/mol. The van der Waals surface area contributed by atoms with E-state index >= 15 is 0 Å². The van der Waals surface area contributed by atoms with Gasteiger partial charge in [-0.05, 0) is 44.6 Å². The monoisotopic (exact) mass is 240 g/mol. The molecule has 0 radical (unpaired) electrons. The molecule has 1 amide bonds. The zero-order valence-electron chi connectivity index (χ0n) is 11.2. The maximum absolute atomic E-state index is 11.6. The Labute approximate surface area is 106 Å². The maximum atomic E-state index is 11.6. The largest absolute Gasteiger partial charge is 0.353 e. The minimum absolute atomic E-state index is 0.187. The van der Waals surface area contributed by atoms with Crippen molar-refractivity contribution in [3.05, 3.63) is 0 Å². The van der Waals surface area contributed by atoms with Crippen LogP contribution in [0.15, 0.2) is 0 Å². The first-order chi connectivity index (χ1) is 8.26. The fourth-order valence-electron chi connectivity index (χ4n) is 2.65. The van der Waals surface area contributed by atoms with Crippen molar-refractivity contribution in [1.29, 1.82) is 0 Å². The van der Waals surface area contributed by atoms with E-state index in [2.05, 4.69) is 12.2 Å². The summed E-state index contributed by atoms with van der Waals surface area (Å²) in [6.45, 7) is 2.86. The Morgan fingerprint density at radius 2 is 1.94 bits per heavy atom. The van der Waals surface area contributed by atoms with Crippen molar-refractivity contribution >= 4 is 5.91 Å². The Bertz CT molecular complexity index is 210. The smallest absolute Gasteiger partial charge is 0.220 e. The Morgan fingerprint density at radius 3 is 2.53 bits per heavy atom. The van der Waals surface area contributed by atoms with Crippen LogP contribution in [0.1, 0.15) is 64.7 Å². The lowest BCUT2D eigenvalue weighted by Crippen LogP contribution is -2.37. The van der Waals surface area contributed by atoms with Gasteiger partial charge in [-0.15, -0.1) is 0 Å². The highest BCUT2D eigenvalue weighted by molar-refractivity contribution is 5.76. The Balaban J connectivity index is 2.12. The van der Waals surface area contributed by atoms with Crippen molar-refractivity contribution in [2.75, 3.05) is 6.54 Å². The number of rotatable bonds is 7. The highest BCUT2D eigenvalue weighted by atomic mass is 16.1. The summed E-state index contributed by atoms with van der Waals surface area (Å²) >= 11 is 0. The molecule has 1 fully saturated rings. The molecule has 3 heteroatoms. The van der Waals surface area contributed by atoms with Crippen LogP contribution >= 0.6 is 0 Å². The molecule has 100 valence electrons. The summed E-state index contributed by atoms with van der Waals surface area (Å²) in [6, 6.07) is 0.429. The quantitative estimate of drug-likeness (QED) is 0.718. The van der Waals surface area contributed by atoms with Crippen LogP contribution in [-0.2, 0) is 4.79 Å². The predicted octanol–water partition coefficient (Wildman–Crippen LogP) is 2.59. The summed E-state index contributed by atoms with van der Waals surface area (Å²) in [5.41, 5.74) is 5.39. The van der Waals surface area contributed by atoms with Gasteiger partial charge in [0.2, 0.25) is 5.91 Å². The fraction of sp³-hybridized carbons (Fsp3) is 0.929. The number of amides is 1. The summed E-state index contributed by atoms with van der Waals surface area (Å²) in [6.07, 6.45) is 10.4. The molecule has 0 spiro atoms. The molecular weight excluding hydrogens is 212 g/mol. The van der Waals surface area contributed by atoms with Crippen LogP contribution in [-0.4, -0.2) is 18.5 Å². The van der Waals surface area contributed by atoms with Crippen LogP contribution in [0, 0.1) is 5.92 Å². The lowest BCUT2D eigenvalue weighted by Gasteiger charge is -2.29. The molecule has 1 aliphatic rings. The molecule has 1 aliphatic carbocycles. The molecule has 0 unspecified atom stereocenters. The number of nitrogens with two attached hydrogens (primary N) is 1. The number of nitrogens with one attached hydrogen (secondary N) is 1. The molecule has 0 saturated heterocycles. The number of carbonyl (C=O) groups is 1. The SMILES string of the molecule is CCCCC1CCC(NC(=O)CCCN)CC1. The summed E-state index contributed by atoms with van der Waals surface area (Å²) in [5, 5.41) is 3.14. The first-order valence-electron chi connectivity index (χ1n) is 7.25. The molecule has 0 bridgehead atoms. The highest BCUT2D eigenvalue weighted by Gasteiger charge is 2.21. The van der Waals surface area contributed by atoms with Crippen LogP contribution in [0.4, 0.5) is 0 Å². The Kier molecular flexibility index (Phi) is 7.25. The molecule has 1 rings (SSSR count). The van der Waals surface area contributed by atoms with E-state index in [1.807, 2.05) is 0 Å². The predicted molar refractivity (Wildman–Crippen MR) is 71.7 cm³/mol. The third-order valence-corrected chi connectivity index (χ3v) is 3.79. The normalized spacial score (nSPS) is 24.6. The van der Waals surface area contributed by atoms with Gasteiger partial charge in [-0.2, -0.15) is 0 Å². The van der Waals surface area contributed by atoms with E-state index in [1.54, 1.807) is 0 Å².